The predicted octanol–water partition coefficient (Wildman–Crippen LogP) is 1.92. The highest BCUT2D eigenvalue weighted by atomic mass is 16.5. The second kappa shape index (κ2) is 5.45. The van der Waals surface area contributed by atoms with Crippen molar-refractivity contribution in [3.05, 3.63) is 41.9 Å². The van der Waals surface area contributed by atoms with Crippen LogP contribution in [0.4, 0.5) is 0 Å². The summed E-state index contributed by atoms with van der Waals surface area (Å²) in [5, 5.41) is 0. The summed E-state index contributed by atoms with van der Waals surface area (Å²) in [6, 6.07) is -1.47. The van der Waals surface area contributed by atoms with Gasteiger partial charge in [-0.3, -0.25) is 0 Å². The predicted molar refractivity (Wildman–Crippen MR) is 59.7 cm³/mol. The first-order valence-corrected chi connectivity index (χ1v) is 3.94. The Hall–Kier alpha value is -1.28. The Morgan fingerprint density at radius 2 is 2.64 bits per heavy atom. The van der Waals surface area contributed by atoms with Crippen LogP contribution in [0.15, 0.2) is 30.8 Å². The molecular formula is C12H17NO. The quantitative estimate of drug-likeness (QED) is 0.735. The van der Waals surface area contributed by atoms with Crippen molar-refractivity contribution in [2.24, 2.45) is 5.73 Å². The second-order valence-corrected chi connectivity index (χ2v) is 2.43. The van der Waals surface area contributed by atoms with Gasteiger partial charge in [0.2, 0.25) is 0 Å². The van der Waals surface area contributed by atoms with Crippen LogP contribution in [-0.2, 0) is 12.8 Å². The van der Waals surface area contributed by atoms with Crippen molar-refractivity contribution < 1.29 is 15.7 Å². The first-order valence-electron chi connectivity index (χ1n) is 8.14. The zero-order valence-corrected chi connectivity index (χ0v) is 7.68. The van der Waals surface area contributed by atoms with Gasteiger partial charge in [-0.2, -0.15) is 0 Å². The van der Waals surface area contributed by atoms with Crippen LogP contribution in [0.1, 0.15) is 22.1 Å². The van der Waals surface area contributed by atoms with Crippen LogP contribution in [0.5, 0.6) is 5.75 Å². The molecule has 0 aliphatic rings. The molecule has 0 aromatic heterocycles. The average Bonchev–Trinajstić information content (AvgIpc) is 2.40. The molecule has 14 heavy (non-hydrogen) atoms. The summed E-state index contributed by atoms with van der Waals surface area (Å²) in [6.07, 6.45) is -1.81. The van der Waals surface area contributed by atoms with E-state index in [1.54, 1.807) is 0 Å². The summed E-state index contributed by atoms with van der Waals surface area (Å²) in [5.74, 6) is -0.361. The van der Waals surface area contributed by atoms with E-state index in [0.29, 0.717) is 0 Å². The van der Waals surface area contributed by atoms with Gasteiger partial charge in [0.1, 0.15) is 5.75 Å². The molecule has 0 aliphatic carbocycles. The Labute approximate surface area is 96.6 Å². The summed E-state index contributed by atoms with van der Waals surface area (Å²) in [4.78, 5) is 0. The van der Waals surface area contributed by atoms with E-state index in [-0.39, 0.29) is 16.9 Å². The molecule has 0 heterocycles. The third-order valence-electron chi connectivity index (χ3n) is 1.50. The smallest absolute Gasteiger partial charge is 0.122 e. The Balaban J connectivity index is 3.72. The molecule has 2 heteroatoms. The molecule has 0 radical (unpaired) electrons. The average molecular weight is 199 g/mol. The fourth-order valence-corrected chi connectivity index (χ4v) is 0.928. The van der Waals surface area contributed by atoms with E-state index >= 15 is 0 Å². The van der Waals surface area contributed by atoms with Gasteiger partial charge in [-0.05, 0) is 36.5 Å². The minimum Gasteiger partial charge on any atom is -0.496 e. The number of hydrogen-bond acceptors (Lipinski definition) is 2. The molecule has 0 saturated heterocycles. The molecule has 2 N–H and O–H groups in total. The maximum absolute atomic E-state index is 8.03. The van der Waals surface area contributed by atoms with Gasteiger partial charge in [-0.1, -0.05) is 18.2 Å². The largest absolute Gasteiger partial charge is 0.496 e. The Kier molecular flexibility index (Phi) is 1.58. The van der Waals surface area contributed by atoms with Crippen molar-refractivity contribution in [3.63, 3.8) is 0 Å². The third kappa shape index (κ3) is 2.60. The molecule has 0 bridgehead atoms. The van der Waals surface area contributed by atoms with Crippen LogP contribution in [0, 0.1) is 0 Å². The third-order valence-corrected chi connectivity index (χ3v) is 1.50. The van der Waals surface area contributed by atoms with Gasteiger partial charge in [0, 0.05) is 5.48 Å². The van der Waals surface area contributed by atoms with Gasteiger partial charge < -0.3 is 10.5 Å². The topological polar surface area (TPSA) is 35.2 Å². The molecule has 76 valence electrons. The van der Waals surface area contributed by atoms with Crippen molar-refractivity contribution in [2.45, 2.75) is 12.8 Å². The molecule has 0 aliphatic heterocycles. The molecule has 0 saturated carbocycles. The normalized spacial score (nSPS) is 20.1. The summed E-state index contributed by atoms with van der Waals surface area (Å²) in [5.41, 5.74) is 4.73. The Bertz CT molecular complexity index is 582. The second-order valence-electron chi connectivity index (χ2n) is 2.43. The summed E-state index contributed by atoms with van der Waals surface area (Å²) in [7, 11) is -0.613. The maximum atomic E-state index is 8.03. The van der Waals surface area contributed by atoms with Crippen molar-refractivity contribution in [1.82, 2.24) is 0 Å². The fraction of sp³-hybridized carbons (Fsp3) is 0.333. The number of rotatable bonds is 5. The molecule has 1 aromatic carbocycles. The van der Waals surface area contributed by atoms with Gasteiger partial charge in [-0.25, -0.2) is 0 Å². The highest BCUT2D eigenvalue weighted by molar-refractivity contribution is 5.38. The monoisotopic (exact) mass is 199 g/mol. The fourth-order valence-electron chi connectivity index (χ4n) is 0.928. The number of nitrogens with two attached hydrogens (primary N) is 1. The molecular weight excluding hydrogens is 174 g/mol. The Morgan fingerprint density at radius 3 is 3.29 bits per heavy atom. The number of allylic oxidation sites excluding steroid dienone is 1. The van der Waals surface area contributed by atoms with E-state index in [1.165, 1.54) is 0 Å². The molecule has 1 aromatic rings. The molecule has 0 spiro atoms. The van der Waals surface area contributed by atoms with Crippen LogP contribution in [-0.4, -0.2) is 13.6 Å². The van der Waals surface area contributed by atoms with Crippen molar-refractivity contribution >= 4 is 0 Å². The summed E-state index contributed by atoms with van der Waals surface area (Å²) >= 11 is 0. The zero-order valence-electron chi connectivity index (χ0n) is 15.7. The van der Waals surface area contributed by atoms with E-state index in [0.717, 1.165) is 6.08 Å². The van der Waals surface area contributed by atoms with Gasteiger partial charge in [-0.15, -0.1) is 6.58 Å². The first-order chi connectivity index (χ1) is 9.96. The van der Waals surface area contributed by atoms with Crippen LogP contribution < -0.4 is 10.5 Å². The van der Waals surface area contributed by atoms with E-state index in [4.69, 9.17) is 21.4 Å². The van der Waals surface area contributed by atoms with E-state index in [9.17, 15) is 0 Å². The number of benzene rings is 1. The van der Waals surface area contributed by atoms with Gasteiger partial charge in [0.25, 0.3) is 0 Å². The van der Waals surface area contributed by atoms with Crippen molar-refractivity contribution in [1.29, 1.82) is 0 Å². The van der Waals surface area contributed by atoms with Crippen molar-refractivity contribution in [3.8, 4) is 5.75 Å². The molecule has 0 fully saturated rings. The number of ether oxygens (including phenoxy) is 1. The molecule has 2 nitrogen and oxygen atoms in total. The lowest BCUT2D eigenvalue weighted by molar-refractivity contribution is 0.410. The van der Waals surface area contributed by atoms with Crippen LogP contribution >= 0.6 is 0 Å². The summed E-state index contributed by atoms with van der Waals surface area (Å²) in [6.45, 7) is 1.13. The number of methoxy groups -OCH3 is 1. The standard InChI is InChI=1S/C12H17NO/c1-3-4-11-6-5-10(7-8-13)9-12(11)14-2/h3,5-6,9H,1,4,7-8,13H2,2H3/i2D,4D2,5D,6D,8D2,9D. The minimum atomic E-state index is -2.23. The molecule has 0 amide bonds. The molecule has 0 atom stereocenters. The SMILES string of the molecule is [2H]COc1c([2H])c(CC([2H])([2H])N)c([2H])c([2H])c1C([2H])([2H])C=C. The van der Waals surface area contributed by atoms with Gasteiger partial charge in [0.15, 0.2) is 0 Å². The van der Waals surface area contributed by atoms with E-state index in [1.807, 2.05) is 0 Å². The van der Waals surface area contributed by atoms with Crippen LogP contribution in [0.3, 0.4) is 0 Å². The van der Waals surface area contributed by atoms with Crippen LogP contribution in [0.2, 0.25) is 0 Å². The van der Waals surface area contributed by atoms with Crippen LogP contribution in [0.25, 0.3) is 0 Å². The van der Waals surface area contributed by atoms with Gasteiger partial charge in [0.05, 0.1) is 12.6 Å². The van der Waals surface area contributed by atoms with E-state index in [2.05, 4.69) is 6.58 Å². The minimum absolute atomic E-state index is 0.162. The van der Waals surface area contributed by atoms with Gasteiger partial charge >= 0.3 is 0 Å². The molecule has 0 unspecified atom stereocenters. The highest BCUT2D eigenvalue weighted by Gasteiger charge is 2.02. The Morgan fingerprint density at radius 1 is 1.79 bits per heavy atom. The number of hydrogen-bond donors (Lipinski definition) is 1. The lowest BCUT2D eigenvalue weighted by atomic mass is 10.1. The molecule has 1 rings (SSSR count). The lowest BCUT2D eigenvalue weighted by Crippen LogP contribution is -2.03. The maximum Gasteiger partial charge on any atom is 0.122 e. The van der Waals surface area contributed by atoms with E-state index < -0.39 is 44.5 Å². The lowest BCUT2D eigenvalue weighted by Gasteiger charge is -2.08. The summed E-state index contributed by atoms with van der Waals surface area (Å²) < 4.78 is 66.4. The van der Waals surface area contributed by atoms with Crippen molar-refractivity contribution in [2.75, 3.05) is 13.6 Å². The zero-order chi connectivity index (χ0) is 17.3. The highest BCUT2D eigenvalue weighted by Crippen LogP contribution is 2.21. The first kappa shape index (κ1) is 4.07.